The molecular weight excluding hydrogens is 276 g/mol. The van der Waals surface area contributed by atoms with E-state index in [1.807, 2.05) is 18.1 Å². The third-order valence-corrected chi connectivity index (χ3v) is 5.82. The molecule has 0 spiro atoms. The number of carbonyl (C=O) groups excluding carboxylic acids is 1. The first kappa shape index (κ1) is 15.5. The van der Waals surface area contributed by atoms with Gasteiger partial charge in [-0.2, -0.15) is 5.10 Å². The van der Waals surface area contributed by atoms with E-state index in [1.54, 1.807) is 6.20 Å². The van der Waals surface area contributed by atoms with Gasteiger partial charge >= 0.3 is 0 Å². The number of nitrogens with zero attached hydrogens (tertiary/aromatic N) is 3. The second-order valence-electron chi connectivity index (χ2n) is 7.35. The molecule has 4 atom stereocenters. The minimum absolute atomic E-state index is 0.273. The Bertz CT molecular complexity index is 485. The molecule has 0 aliphatic heterocycles. The number of fused-ring (bicyclic) bond motifs is 1. The van der Waals surface area contributed by atoms with Gasteiger partial charge < -0.3 is 9.80 Å². The molecule has 5 nitrogen and oxygen atoms in total. The number of amides is 1. The molecule has 1 amide bonds. The van der Waals surface area contributed by atoms with Gasteiger partial charge in [-0.1, -0.05) is 0 Å². The van der Waals surface area contributed by atoms with Crippen molar-refractivity contribution in [2.24, 2.45) is 11.8 Å². The lowest BCUT2D eigenvalue weighted by Crippen LogP contribution is -2.36. The van der Waals surface area contributed by atoms with Crippen molar-refractivity contribution in [3.8, 4) is 0 Å². The van der Waals surface area contributed by atoms with Crippen LogP contribution < -0.4 is 0 Å². The fraction of sp³-hybridized carbons (Fsp3) is 0.765. The zero-order valence-electron chi connectivity index (χ0n) is 14.0. The Morgan fingerprint density at radius 2 is 1.82 bits per heavy atom. The molecule has 22 heavy (non-hydrogen) atoms. The number of rotatable bonds is 5. The van der Waals surface area contributed by atoms with E-state index in [1.165, 1.54) is 25.7 Å². The van der Waals surface area contributed by atoms with Crippen LogP contribution in [0.15, 0.2) is 12.4 Å². The Morgan fingerprint density at radius 1 is 1.18 bits per heavy atom. The molecule has 0 saturated heterocycles. The number of aryl methyl sites for hydroxylation is 1. The molecule has 1 aromatic rings. The van der Waals surface area contributed by atoms with Crippen LogP contribution in [0.3, 0.4) is 0 Å². The van der Waals surface area contributed by atoms with E-state index in [0.29, 0.717) is 12.5 Å². The molecule has 1 N–H and O–H groups in total. The van der Waals surface area contributed by atoms with Crippen molar-refractivity contribution in [3.63, 3.8) is 0 Å². The SMILES string of the molecule is CN(C)C1C[C@@H]2CC(N(C)C(=O)CCc3cn[nH]c3)C[C@@H]2C1. The molecule has 2 unspecified atom stereocenters. The first-order chi connectivity index (χ1) is 10.5. The molecule has 1 heterocycles. The molecule has 0 bridgehead atoms. The van der Waals surface area contributed by atoms with Crippen LogP contribution in [-0.4, -0.2) is 59.1 Å². The monoisotopic (exact) mass is 304 g/mol. The summed E-state index contributed by atoms with van der Waals surface area (Å²) in [6.45, 7) is 0. The predicted molar refractivity (Wildman–Crippen MR) is 86.4 cm³/mol. The Morgan fingerprint density at radius 3 is 2.36 bits per heavy atom. The second kappa shape index (κ2) is 6.41. The maximum atomic E-state index is 12.4. The van der Waals surface area contributed by atoms with Gasteiger partial charge in [0.1, 0.15) is 0 Å². The largest absolute Gasteiger partial charge is 0.343 e. The lowest BCUT2D eigenvalue weighted by Gasteiger charge is -2.27. The van der Waals surface area contributed by atoms with Crippen molar-refractivity contribution in [2.75, 3.05) is 21.1 Å². The normalized spacial score (nSPS) is 30.7. The average Bonchev–Trinajstić information content (AvgIpc) is 3.18. The number of aromatic nitrogens is 2. The third kappa shape index (κ3) is 3.19. The fourth-order valence-electron chi connectivity index (χ4n) is 4.34. The molecule has 2 aliphatic carbocycles. The van der Waals surface area contributed by atoms with Crippen LogP contribution in [0.5, 0.6) is 0 Å². The van der Waals surface area contributed by atoms with Gasteiger partial charge in [-0.05, 0) is 63.6 Å². The lowest BCUT2D eigenvalue weighted by atomic mass is 10.0. The average molecular weight is 304 g/mol. The van der Waals surface area contributed by atoms with Crippen LogP contribution >= 0.6 is 0 Å². The molecule has 2 saturated carbocycles. The van der Waals surface area contributed by atoms with Gasteiger partial charge in [0, 0.05) is 31.7 Å². The van der Waals surface area contributed by atoms with Gasteiger partial charge in [-0.15, -0.1) is 0 Å². The summed E-state index contributed by atoms with van der Waals surface area (Å²) in [5.74, 6) is 1.92. The van der Waals surface area contributed by atoms with Gasteiger partial charge in [-0.25, -0.2) is 0 Å². The third-order valence-electron chi connectivity index (χ3n) is 5.82. The molecule has 1 aromatic heterocycles. The maximum absolute atomic E-state index is 12.4. The number of carbonyl (C=O) groups is 1. The van der Waals surface area contributed by atoms with E-state index in [2.05, 4.69) is 29.2 Å². The van der Waals surface area contributed by atoms with E-state index >= 15 is 0 Å². The Kier molecular flexibility index (Phi) is 4.52. The Labute approximate surface area is 133 Å². The zero-order valence-corrected chi connectivity index (χ0v) is 14.0. The van der Waals surface area contributed by atoms with Crippen LogP contribution in [-0.2, 0) is 11.2 Å². The minimum Gasteiger partial charge on any atom is -0.343 e. The van der Waals surface area contributed by atoms with Crippen LogP contribution in [0, 0.1) is 11.8 Å². The zero-order chi connectivity index (χ0) is 15.7. The molecule has 5 heteroatoms. The van der Waals surface area contributed by atoms with Gasteiger partial charge in [0.05, 0.1) is 6.20 Å². The highest BCUT2D eigenvalue weighted by atomic mass is 16.2. The number of H-pyrrole nitrogens is 1. The van der Waals surface area contributed by atoms with Crippen LogP contribution in [0.4, 0.5) is 0 Å². The Hall–Kier alpha value is -1.36. The topological polar surface area (TPSA) is 52.2 Å². The smallest absolute Gasteiger partial charge is 0.222 e. The van der Waals surface area contributed by atoms with Crippen LogP contribution in [0.25, 0.3) is 0 Å². The highest BCUT2D eigenvalue weighted by Gasteiger charge is 2.43. The molecular formula is C17H28N4O. The van der Waals surface area contributed by atoms with E-state index < -0.39 is 0 Å². The Balaban J connectivity index is 1.48. The van der Waals surface area contributed by atoms with E-state index in [0.717, 1.165) is 29.9 Å². The maximum Gasteiger partial charge on any atom is 0.222 e. The van der Waals surface area contributed by atoms with E-state index in [4.69, 9.17) is 0 Å². The van der Waals surface area contributed by atoms with Gasteiger partial charge in [-0.3, -0.25) is 9.89 Å². The first-order valence-electron chi connectivity index (χ1n) is 8.44. The summed E-state index contributed by atoms with van der Waals surface area (Å²) in [6.07, 6.45) is 10.1. The summed E-state index contributed by atoms with van der Waals surface area (Å²) >= 11 is 0. The van der Waals surface area contributed by atoms with Crippen molar-refractivity contribution in [1.82, 2.24) is 20.0 Å². The van der Waals surface area contributed by atoms with Crippen LogP contribution in [0.2, 0.25) is 0 Å². The standard InChI is InChI=1S/C17H28N4O/c1-20(2)15-6-13-8-16(9-14(13)7-15)21(3)17(22)5-4-12-10-18-19-11-12/h10-11,13-16H,4-9H2,1-3H3,(H,18,19)/t13-,14+,15?,16?. The lowest BCUT2D eigenvalue weighted by molar-refractivity contribution is -0.131. The number of aromatic amines is 1. The van der Waals surface area contributed by atoms with Crippen LogP contribution in [0.1, 0.15) is 37.7 Å². The molecule has 2 fully saturated rings. The molecule has 0 radical (unpaired) electrons. The van der Waals surface area contributed by atoms with Gasteiger partial charge in [0.25, 0.3) is 0 Å². The summed E-state index contributed by atoms with van der Waals surface area (Å²) in [5, 5.41) is 6.73. The van der Waals surface area contributed by atoms with Crippen molar-refractivity contribution in [1.29, 1.82) is 0 Å². The van der Waals surface area contributed by atoms with Gasteiger partial charge in [0.15, 0.2) is 0 Å². The first-order valence-corrected chi connectivity index (χ1v) is 8.44. The highest BCUT2D eigenvalue weighted by molar-refractivity contribution is 5.76. The summed E-state index contributed by atoms with van der Waals surface area (Å²) in [6, 6.07) is 1.20. The quantitative estimate of drug-likeness (QED) is 0.904. The minimum atomic E-state index is 0.273. The molecule has 2 aliphatic rings. The summed E-state index contributed by atoms with van der Waals surface area (Å²) in [5.41, 5.74) is 1.11. The van der Waals surface area contributed by atoms with E-state index in [9.17, 15) is 4.79 Å². The van der Waals surface area contributed by atoms with E-state index in [-0.39, 0.29) is 5.91 Å². The summed E-state index contributed by atoms with van der Waals surface area (Å²) in [7, 11) is 6.37. The number of nitrogens with one attached hydrogen (secondary N) is 1. The number of hydrogen-bond acceptors (Lipinski definition) is 3. The molecule has 122 valence electrons. The van der Waals surface area contributed by atoms with Crippen molar-refractivity contribution < 1.29 is 4.79 Å². The highest BCUT2D eigenvalue weighted by Crippen LogP contribution is 2.46. The molecule has 0 aromatic carbocycles. The van der Waals surface area contributed by atoms with Crippen molar-refractivity contribution in [2.45, 2.75) is 50.6 Å². The second-order valence-corrected chi connectivity index (χ2v) is 7.35. The summed E-state index contributed by atoms with van der Waals surface area (Å²) in [4.78, 5) is 16.8. The van der Waals surface area contributed by atoms with Crippen molar-refractivity contribution >= 4 is 5.91 Å². The molecule has 3 rings (SSSR count). The number of hydrogen-bond donors (Lipinski definition) is 1. The van der Waals surface area contributed by atoms with Crippen molar-refractivity contribution in [3.05, 3.63) is 18.0 Å². The van der Waals surface area contributed by atoms with Gasteiger partial charge in [0.2, 0.25) is 5.91 Å². The fourth-order valence-corrected chi connectivity index (χ4v) is 4.34. The predicted octanol–water partition coefficient (Wildman–Crippen LogP) is 1.92. The summed E-state index contributed by atoms with van der Waals surface area (Å²) < 4.78 is 0.